The summed E-state index contributed by atoms with van der Waals surface area (Å²) in [5.41, 5.74) is 0.552. The zero-order valence-electron chi connectivity index (χ0n) is 10.9. The highest BCUT2D eigenvalue weighted by Gasteiger charge is 2.51. The predicted molar refractivity (Wildman–Crippen MR) is 75.0 cm³/mol. The van der Waals surface area contributed by atoms with Crippen LogP contribution < -0.4 is 10.1 Å². The van der Waals surface area contributed by atoms with Crippen LogP contribution in [-0.2, 0) is 10.3 Å². The number of benzene rings is 2. The molecule has 2 aromatic carbocycles. The Kier molecular flexibility index (Phi) is 2.07. The van der Waals surface area contributed by atoms with Crippen molar-refractivity contribution in [2.24, 2.45) is 4.99 Å². The van der Waals surface area contributed by atoms with Gasteiger partial charge >= 0.3 is 0 Å². The number of carbonyl (C=O) groups is 1. The van der Waals surface area contributed by atoms with Crippen LogP contribution in [0.15, 0.2) is 53.5 Å². The molecule has 0 aliphatic carbocycles. The molecule has 0 saturated heterocycles. The molecule has 1 N–H and O–H groups in total. The van der Waals surface area contributed by atoms with E-state index in [0.717, 1.165) is 11.1 Å². The zero-order chi connectivity index (χ0) is 13.7. The smallest absolute Gasteiger partial charge is 0.262 e. The van der Waals surface area contributed by atoms with Crippen LogP contribution in [0.3, 0.4) is 0 Å². The van der Waals surface area contributed by atoms with Crippen LogP contribution >= 0.6 is 0 Å². The van der Waals surface area contributed by atoms with Crippen molar-refractivity contribution in [1.29, 1.82) is 0 Å². The van der Waals surface area contributed by atoms with E-state index in [0.29, 0.717) is 17.3 Å². The molecule has 2 aliphatic heterocycles. The summed E-state index contributed by atoms with van der Waals surface area (Å²) in [6.07, 6.45) is 0. The van der Waals surface area contributed by atoms with Gasteiger partial charge in [0.2, 0.25) is 0 Å². The van der Waals surface area contributed by atoms with Gasteiger partial charge in [0.1, 0.15) is 17.3 Å². The first-order chi connectivity index (χ1) is 9.72. The maximum absolute atomic E-state index is 12.6. The molecule has 4 nitrogen and oxygen atoms in total. The third-order valence-corrected chi connectivity index (χ3v) is 3.73. The van der Waals surface area contributed by atoms with E-state index < -0.39 is 5.54 Å². The molecule has 2 aliphatic rings. The third kappa shape index (κ3) is 1.25. The Morgan fingerprint density at radius 2 is 1.55 bits per heavy atom. The highest BCUT2D eigenvalue weighted by molar-refractivity contribution is 6.10. The number of carbonyl (C=O) groups excluding carboxylic acids is 1. The molecular formula is C16H12N2O2. The highest BCUT2D eigenvalue weighted by Crippen LogP contribution is 2.50. The molecule has 1 amide bonds. The lowest BCUT2D eigenvalue weighted by Gasteiger charge is -2.32. The maximum atomic E-state index is 12.6. The number of amides is 1. The lowest BCUT2D eigenvalue weighted by molar-refractivity contribution is -0.122. The molecule has 0 fully saturated rings. The summed E-state index contributed by atoms with van der Waals surface area (Å²) in [7, 11) is 0. The molecule has 1 spiro atoms. The van der Waals surface area contributed by atoms with E-state index in [1.165, 1.54) is 0 Å². The topological polar surface area (TPSA) is 50.7 Å². The summed E-state index contributed by atoms with van der Waals surface area (Å²) >= 11 is 0. The Balaban J connectivity index is 2.10. The first-order valence-electron chi connectivity index (χ1n) is 6.46. The predicted octanol–water partition coefficient (Wildman–Crippen LogP) is 2.58. The number of para-hydroxylation sites is 2. The van der Waals surface area contributed by atoms with Crippen molar-refractivity contribution in [2.45, 2.75) is 12.5 Å². The fraction of sp³-hybridized carbons (Fsp3) is 0.125. The van der Waals surface area contributed by atoms with E-state index >= 15 is 0 Å². The minimum absolute atomic E-state index is 0.127. The van der Waals surface area contributed by atoms with Crippen molar-refractivity contribution < 1.29 is 9.53 Å². The Labute approximate surface area is 116 Å². The van der Waals surface area contributed by atoms with Crippen LogP contribution in [-0.4, -0.2) is 11.7 Å². The molecule has 4 rings (SSSR count). The van der Waals surface area contributed by atoms with Gasteiger partial charge in [0.05, 0.1) is 0 Å². The summed E-state index contributed by atoms with van der Waals surface area (Å²) in [6.45, 7) is 1.80. The first kappa shape index (κ1) is 11.2. The number of hydrogen-bond donors (Lipinski definition) is 1. The van der Waals surface area contributed by atoms with Crippen molar-refractivity contribution in [3.8, 4) is 11.5 Å². The molecule has 2 aromatic rings. The van der Waals surface area contributed by atoms with Gasteiger partial charge in [0, 0.05) is 11.1 Å². The van der Waals surface area contributed by atoms with Crippen molar-refractivity contribution in [3.05, 3.63) is 59.7 Å². The van der Waals surface area contributed by atoms with Gasteiger partial charge in [-0.15, -0.1) is 0 Å². The van der Waals surface area contributed by atoms with E-state index in [2.05, 4.69) is 10.3 Å². The molecule has 0 atom stereocenters. The lowest BCUT2D eigenvalue weighted by atomic mass is 9.80. The standard InChI is InChI=1S/C16H12N2O2/c1-10-17-15(19)16(18-10)11-6-2-4-8-13(11)20-14-9-5-3-7-12(14)16/h2-9H,1H3,(H,17,18,19). The minimum Gasteiger partial charge on any atom is -0.457 e. The average Bonchev–Trinajstić information content (AvgIpc) is 2.75. The van der Waals surface area contributed by atoms with Gasteiger partial charge in [0.25, 0.3) is 5.91 Å². The quantitative estimate of drug-likeness (QED) is 0.795. The molecule has 0 radical (unpaired) electrons. The van der Waals surface area contributed by atoms with Gasteiger partial charge in [-0.25, -0.2) is 4.99 Å². The van der Waals surface area contributed by atoms with Gasteiger partial charge in [-0.05, 0) is 19.1 Å². The van der Waals surface area contributed by atoms with Crippen LogP contribution in [0.4, 0.5) is 0 Å². The Hall–Kier alpha value is -2.62. The number of ether oxygens (including phenoxy) is 1. The third-order valence-electron chi connectivity index (χ3n) is 3.73. The van der Waals surface area contributed by atoms with E-state index in [4.69, 9.17) is 4.74 Å². The Bertz CT molecular complexity index is 719. The summed E-state index contributed by atoms with van der Waals surface area (Å²) in [5.74, 6) is 1.86. The molecule has 98 valence electrons. The van der Waals surface area contributed by atoms with Gasteiger partial charge < -0.3 is 10.1 Å². The molecule has 4 heteroatoms. The number of nitrogens with one attached hydrogen (secondary N) is 1. The van der Waals surface area contributed by atoms with Gasteiger partial charge in [-0.3, -0.25) is 4.79 Å². The van der Waals surface area contributed by atoms with E-state index in [1.807, 2.05) is 48.5 Å². The summed E-state index contributed by atoms with van der Waals surface area (Å²) in [4.78, 5) is 17.2. The summed E-state index contributed by atoms with van der Waals surface area (Å²) in [5, 5.41) is 2.81. The van der Waals surface area contributed by atoms with E-state index in [-0.39, 0.29) is 5.91 Å². The SMILES string of the molecule is CC1=NC2(C(=O)N1)c1ccccc1Oc1ccccc12. The first-order valence-corrected chi connectivity index (χ1v) is 6.46. The fourth-order valence-electron chi connectivity index (χ4n) is 2.92. The molecule has 0 saturated carbocycles. The fourth-order valence-corrected chi connectivity index (χ4v) is 2.92. The molecule has 0 bridgehead atoms. The molecule has 0 unspecified atom stereocenters. The van der Waals surface area contributed by atoms with Gasteiger partial charge in [0.15, 0.2) is 5.54 Å². The van der Waals surface area contributed by atoms with E-state index in [1.54, 1.807) is 6.92 Å². The largest absolute Gasteiger partial charge is 0.457 e. The monoisotopic (exact) mass is 264 g/mol. The van der Waals surface area contributed by atoms with E-state index in [9.17, 15) is 4.79 Å². The van der Waals surface area contributed by atoms with Crippen LogP contribution in [0.1, 0.15) is 18.1 Å². The number of fused-ring (bicyclic) bond motifs is 4. The second-order valence-electron chi connectivity index (χ2n) is 4.96. The number of hydrogen-bond acceptors (Lipinski definition) is 3. The zero-order valence-corrected chi connectivity index (χ0v) is 10.9. The number of rotatable bonds is 0. The van der Waals surface area contributed by atoms with Crippen LogP contribution in [0.2, 0.25) is 0 Å². The van der Waals surface area contributed by atoms with Crippen molar-refractivity contribution in [3.63, 3.8) is 0 Å². The molecule has 2 heterocycles. The second-order valence-corrected chi connectivity index (χ2v) is 4.96. The minimum atomic E-state index is -1.02. The van der Waals surface area contributed by atoms with Crippen LogP contribution in [0.25, 0.3) is 0 Å². The van der Waals surface area contributed by atoms with Crippen molar-refractivity contribution in [1.82, 2.24) is 5.32 Å². The second kappa shape index (κ2) is 3.70. The number of nitrogens with zero attached hydrogens (tertiary/aromatic N) is 1. The number of amidine groups is 1. The van der Waals surface area contributed by atoms with Crippen molar-refractivity contribution >= 4 is 11.7 Å². The van der Waals surface area contributed by atoms with Crippen molar-refractivity contribution in [2.75, 3.05) is 0 Å². The lowest BCUT2D eigenvalue weighted by Crippen LogP contribution is -2.40. The normalized spacial score (nSPS) is 17.9. The van der Waals surface area contributed by atoms with Gasteiger partial charge in [-0.2, -0.15) is 0 Å². The summed E-state index contributed by atoms with van der Waals surface area (Å²) < 4.78 is 5.90. The Morgan fingerprint density at radius 1 is 1.00 bits per heavy atom. The maximum Gasteiger partial charge on any atom is 0.262 e. The van der Waals surface area contributed by atoms with Crippen LogP contribution in [0, 0.1) is 0 Å². The van der Waals surface area contributed by atoms with Gasteiger partial charge in [-0.1, -0.05) is 36.4 Å². The summed E-state index contributed by atoms with van der Waals surface area (Å²) in [6, 6.07) is 15.1. The molecular weight excluding hydrogens is 252 g/mol. The molecule has 20 heavy (non-hydrogen) atoms. The number of aliphatic imine (C=N–C) groups is 1. The highest BCUT2D eigenvalue weighted by atomic mass is 16.5. The molecule has 0 aromatic heterocycles. The Morgan fingerprint density at radius 3 is 2.05 bits per heavy atom. The van der Waals surface area contributed by atoms with Crippen LogP contribution in [0.5, 0.6) is 11.5 Å². The average molecular weight is 264 g/mol.